The van der Waals surface area contributed by atoms with Crippen LogP contribution in [0.15, 0.2) is 41.4 Å². The van der Waals surface area contributed by atoms with Crippen LogP contribution < -0.4 is 5.32 Å². The summed E-state index contributed by atoms with van der Waals surface area (Å²) in [6, 6.07) is 9.02. The molecule has 1 fully saturated rings. The van der Waals surface area contributed by atoms with Crippen molar-refractivity contribution < 1.29 is 13.2 Å². The van der Waals surface area contributed by atoms with E-state index in [1.165, 1.54) is 25.7 Å². The zero-order valence-electron chi connectivity index (χ0n) is 21.5. The number of hydrogen-bond acceptors (Lipinski definition) is 5. The molecule has 35 heavy (non-hydrogen) atoms. The molecule has 7 heteroatoms. The summed E-state index contributed by atoms with van der Waals surface area (Å²) >= 11 is 0. The van der Waals surface area contributed by atoms with E-state index in [1.54, 1.807) is 37.4 Å². The second kappa shape index (κ2) is 10.8. The third-order valence-corrected chi connectivity index (χ3v) is 9.44. The molecule has 1 saturated carbocycles. The highest BCUT2D eigenvalue weighted by Crippen LogP contribution is 2.40. The average molecular weight is 498 g/mol. The number of rotatable bonds is 8. The summed E-state index contributed by atoms with van der Waals surface area (Å²) in [5.74, 6) is 1.98. The SMILES string of the molecule is CCS(=O)(=O)c1ccc(CNC(=O)c2cnc3c(c2)CN(CC2CCC(C)CC2)[C@H]3C(C)C)cc1. The fraction of sp³-hybridized carbons (Fsp3) is 0.571. The van der Waals surface area contributed by atoms with Gasteiger partial charge in [-0.15, -0.1) is 0 Å². The predicted molar refractivity (Wildman–Crippen MR) is 139 cm³/mol. The molecule has 1 atom stereocenters. The lowest BCUT2D eigenvalue weighted by Crippen LogP contribution is -2.32. The van der Waals surface area contributed by atoms with Gasteiger partial charge in [-0.1, -0.05) is 52.7 Å². The highest BCUT2D eigenvalue weighted by atomic mass is 32.2. The number of nitrogens with zero attached hydrogens (tertiary/aromatic N) is 2. The molecule has 0 radical (unpaired) electrons. The predicted octanol–water partition coefficient (Wildman–Crippen LogP) is 5.14. The molecule has 2 aliphatic rings. The smallest absolute Gasteiger partial charge is 0.253 e. The summed E-state index contributed by atoms with van der Waals surface area (Å²) in [5.41, 5.74) is 3.71. The van der Waals surface area contributed by atoms with Gasteiger partial charge < -0.3 is 5.32 Å². The maximum Gasteiger partial charge on any atom is 0.253 e. The second-order valence-corrected chi connectivity index (χ2v) is 13.0. The molecule has 1 amide bonds. The summed E-state index contributed by atoms with van der Waals surface area (Å²) in [5, 5.41) is 2.95. The van der Waals surface area contributed by atoms with Crippen LogP contribution in [0, 0.1) is 17.8 Å². The van der Waals surface area contributed by atoms with Crippen LogP contribution in [0.5, 0.6) is 0 Å². The van der Waals surface area contributed by atoms with E-state index in [0.29, 0.717) is 29.0 Å². The van der Waals surface area contributed by atoms with Gasteiger partial charge in [-0.05, 0) is 59.9 Å². The van der Waals surface area contributed by atoms with Crippen molar-refractivity contribution in [3.63, 3.8) is 0 Å². The summed E-state index contributed by atoms with van der Waals surface area (Å²) < 4.78 is 24.0. The van der Waals surface area contributed by atoms with Crippen LogP contribution >= 0.6 is 0 Å². The number of aromatic nitrogens is 1. The number of carbonyl (C=O) groups is 1. The van der Waals surface area contributed by atoms with Crippen LogP contribution in [0.4, 0.5) is 0 Å². The quantitative estimate of drug-likeness (QED) is 0.546. The summed E-state index contributed by atoms with van der Waals surface area (Å²) in [4.78, 5) is 20.5. The molecule has 2 aromatic rings. The van der Waals surface area contributed by atoms with E-state index in [0.717, 1.165) is 41.7 Å². The van der Waals surface area contributed by atoms with Crippen LogP contribution in [0.1, 0.15) is 86.6 Å². The van der Waals surface area contributed by atoms with Crippen molar-refractivity contribution in [3.05, 3.63) is 58.9 Å². The number of fused-ring (bicyclic) bond motifs is 1. The van der Waals surface area contributed by atoms with Crippen LogP contribution in [-0.2, 0) is 22.9 Å². The molecule has 1 aromatic carbocycles. The first-order chi connectivity index (χ1) is 16.7. The Morgan fingerprint density at radius 1 is 1.14 bits per heavy atom. The Labute approximate surface area is 210 Å². The first-order valence-corrected chi connectivity index (χ1v) is 14.7. The van der Waals surface area contributed by atoms with Gasteiger partial charge in [-0.3, -0.25) is 14.7 Å². The maximum atomic E-state index is 12.9. The van der Waals surface area contributed by atoms with Gasteiger partial charge in [0.1, 0.15) is 0 Å². The average Bonchev–Trinajstić information content (AvgIpc) is 3.21. The van der Waals surface area contributed by atoms with Crippen molar-refractivity contribution in [2.45, 2.75) is 77.4 Å². The van der Waals surface area contributed by atoms with Gasteiger partial charge in [0.25, 0.3) is 5.91 Å². The van der Waals surface area contributed by atoms with Gasteiger partial charge >= 0.3 is 0 Å². The normalized spacial score (nSPS) is 22.8. The fourth-order valence-electron chi connectivity index (χ4n) is 5.55. The van der Waals surface area contributed by atoms with Crippen molar-refractivity contribution in [2.75, 3.05) is 12.3 Å². The Hall–Kier alpha value is -2.25. The Kier molecular flexibility index (Phi) is 7.96. The van der Waals surface area contributed by atoms with Crippen molar-refractivity contribution in [2.24, 2.45) is 17.8 Å². The number of pyridine rings is 1. The molecule has 0 bridgehead atoms. The first-order valence-electron chi connectivity index (χ1n) is 13.0. The third kappa shape index (κ3) is 5.95. The van der Waals surface area contributed by atoms with E-state index in [4.69, 9.17) is 4.98 Å². The molecule has 4 rings (SSSR count). The maximum absolute atomic E-state index is 12.9. The Balaban J connectivity index is 1.40. The topological polar surface area (TPSA) is 79.4 Å². The van der Waals surface area contributed by atoms with E-state index in [1.807, 2.05) is 6.07 Å². The van der Waals surface area contributed by atoms with E-state index in [-0.39, 0.29) is 11.7 Å². The molecule has 0 saturated heterocycles. The fourth-order valence-corrected chi connectivity index (χ4v) is 6.44. The van der Waals surface area contributed by atoms with Crippen LogP contribution in [0.2, 0.25) is 0 Å². The van der Waals surface area contributed by atoms with E-state index in [9.17, 15) is 13.2 Å². The van der Waals surface area contributed by atoms with Crippen LogP contribution in [0.25, 0.3) is 0 Å². The lowest BCUT2D eigenvalue weighted by atomic mass is 9.82. The molecule has 2 heterocycles. The van der Waals surface area contributed by atoms with E-state index < -0.39 is 9.84 Å². The monoisotopic (exact) mass is 497 g/mol. The van der Waals surface area contributed by atoms with E-state index >= 15 is 0 Å². The number of nitrogens with one attached hydrogen (secondary N) is 1. The molecular formula is C28H39N3O3S. The van der Waals surface area contributed by atoms with Crippen molar-refractivity contribution in [3.8, 4) is 0 Å². The molecule has 0 spiro atoms. The Bertz CT molecular complexity index is 1140. The van der Waals surface area contributed by atoms with Crippen LogP contribution in [0.3, 0.4) is 0 Å². The number of hydrogen-bond donors (Lipinski definition) is 1. The van der Waals surface area contributed by atoms with Gasteiger partial charge in [0.15, 0.2) is 9.84 Å². The van der Waals surface area contributed by atoms with Gasteiger partial charge in [-0.2, -0.15) is 0 Å². The highest BCUT2D eigenvalue weighted by molar-refractivity contribution is 7.91. The number of carbonyl (C=O) groups excluding carboxylic acids is 1. The molecule has 1 aliphatic carbocycles. The Morgan fingerprint density at radius 2 is 1.83 bits per heavy atom. The lowest BCUT2D eigenvalue weighted by molar-refractivity contribution is 0.0950. The molecule has 190 valence electrons. The molecule has 0 unspecified atom stereocenters. The lowest BCUT2D eigenvalue weighted by Gasteiger charge is -2.34. The standard InChI is InChI=1S/C28H39N3O3S/c1-5-35(33,34)25-12-10-21(11-13-25)15-30-28(32)23-14-24-18-31(17-22-8-6-20(4)7-9-22)27(19(2)3)26(24)29-16-23/h10-14,16,19-20,22,27H,5-9,15,17-18H2,1-4H3,(H,30,32)/t20?,22?,27-/m0/s1. The van der Waals surface area contributed by atoms with Crippen molar-refractivity contribution >= 4 is 15.7 Å². The van der Waals surface area contributed by atoms with Crippen LogP contribution in [-0.4, -0.2) is 36.5 Å². The van der Waals surface area contributed by atoms with Gasteiger partial charge in [0.2, 0.25) is 0 Å². The minimum atomic E-state index is -3.22. The largest absolute Gasteiger partial charge is 0.348 e. The number of sulfone groups is 1. The molecule has 1 aliphatic heterocycles. The zero-order valence-corrected chi connectivity index (χ0v) is 22.3. The number of benzene rings is 1. The Morgan fingerprint density at radius 3 is 2.46 bits per heavy atom. The van der Waals surface area contributed by atoms with E-state index in [2.05, 4.69) is 31.0 Å². The molecule has 6 nitrogen and oxygen atoms in total. The third-order valence-electron chi connectivity index (χ3n) is 7.69. The van der Waals surface area contributed by atoms with Gasteiger partial charge in [0, 0.05) is 25.8 Å². The van der Waals surface area contributed by atoms with Gasteiger partial charge in [0.05, 0.1) is 27.9 Å². The summed E-state index contributed by atoms with van der Waals surface area (Å²) in [6.07, 6.45) is 6.98. The van der Waals surface area contributed by atoms with Gasteiger partial charge in [-0.25, -0.2) is 8.42 Å². The number of amides is 1. The molecule has 1 aromatic heterocycles. The molecule has 1 N–H and O–H groups in total. The van der Waals surface area contributed by atoms with Crippen molar-refractivity contribution in [1.82, 2.24) is 15.2 Å². The summed E-state index contributed by atoms with van der Waals surface area (Å²) in [6.45, 7) is 10.8. The molecular weight excluding hydrogens is 458 g/mol. The highest BCUT2D eigenvalue weighted by Gasteiger charge is 2.35. The first kappa shape index (κ1) is 25.8. The minimum absolute atomic E-state index is 0.0728. The van der Waals surface area contributed by atoms with Crippen molar-refractivity contribution in [1.29, 1.82) is 0 Å². The summed E-state index contributed by atoms with van der Waals surface area (Å²) in [7, 11) is -3.22. The minimum Gasteiger partial charge on any atom is -0.348 e. The zero-order chi connectivity index (χ0) is 25.2. The second-order valence-electron chi connectivity index (χ2n) is 10.7.